The Morgan fingerprint density at radius 1 is 1.73 bits per heavy atom. The highest BCUT2D eigenvalue weighted by Crippen LogP contribution is 2.11. The summed E-state index contributed by atoms with van der Waals surface area (Å²) in [4.78, 5) is 3.83. The molecule has 0 N–H and O–H groups in total. The molecule has 0 fully saturated rings. The molecule has 0 radical (unpaired) electrons. The van der Waals surface area contributed by atoms with E-state index in [0.717, 1.165) is 0 Å². The molecule has 0 bridgehead atoms. The summed E-state index contributed by atoms with van der Waals surface area (Å²) >= 11 is 1.79. The monoisotopic (exact) mass is 262 g/mol. The van der Waals surface area contributed by atoms with Crippen molar-refractivity contribution in [2.75, 3.05) is 0 Å². The first kappa shape index (κ1) is 8.40. The zero-order valence-electron chi connectivity index (χ0n) is 5.73. The van der Waals surface area contributed by atoms with Crippen molar-refractivity contribution in [3.05, 3.63) is 26.8 Å². The van der Waals surface area contributed by atoms with Crippen LogP contribution in [0.4, 0.5) is 4.39 Å². The van der Waals surface area contributed by atoms with Crippen molar-refractivity contribution < 1.29 is 4.39 Å². The lowest BCUT2D eigenvalue weighted by Crippen LogP contribution is -1.94. The van der Waals surface area contributed by atoms with Gasteiger partial charge in [-0.25, -0.2) is 9.37 Å². The second kappa shape index (κ2) is 3.13. The Morgan fingerprint density at radius 3 is 2.91 bits per heavy atom. The molecule has 1 aromatic heterocycles. The summed E-state index contributed by atoms with van der Waals surface area (Å²) < 4.78 is 13.0. The maximum Gasteiger partial charge on any atom is 0.156 e. The van der Waals surface area contributed by atoms with Gasteiger partial charge in [0.2, 0.25) is 0 Å². The van der Waals surface area contributed by atoms with Gasteiger partial charge >= 0.3 is 0 Å². The third kappa shape index (κ3) is 1.66. The molecule has 1 rings (SSSR count). The SMILES string of the molecule is Cc1nc(I)c(F)cc1C#N. The largest absolute Gasteiger partial charge is 0.243 e. The van der Waals surface area contributed by atoms with Gasteiger partial charge < -0.3 is 0 Å². The highest BCUT2D eigenvalue weighted by Gasteiger charge is 2.04. The van der Waals surface area contributed by atoms with E-state index in [1.54, 1.807) is 29.5 Å². The number of pyridine rings is 1. The van der Waals surface area contributed by atoms with Gasteiger partial charge in [0.15, 0.2) is 5.82 Å². The summed E-state index contributed by atoms with van der Waals surface area (Å²) in [6.07, 6.45) is 0. The van der Waals surface area contributed by atoms with Crippen LogP contribution in [0, 0.1) is 27.8 Å². The predicted octanol–water partition coefficient (Wildman–Crippen LogP) is 2.01. The van der Waals surface area contributed by atoms with E-state index in [1.165, 1.54) is 6.07 Å². The third-order valence-electron chi connectivity index (χ3n) is 1.24. The highest BCUT2D eigenvalue weighted by molar-refractivity contribution is 14.1. The molecule has 0 saturated carbocycles. The second-order valence-electron chi connectivity index (χ2n) is 2.01. The number of hydrogen-bond acceptors (Lipinski definition) is 2. The first-order valence-electron chi connectivity index (χ1n) is 2.88. The number of halogens is 2. The molecule has 0 atom stereocenters. The first-order chi connectivity index (χ1) is 5.15. The van der Waals surface area contributed by atoms with Crippen LogP contribution in [0.3, 0.4) is 0 Å². The van der Waals surface area contributed by atoms with E-state index in [9.17, 15) is 4.39 Å². The van der Waals surface area contributed by atoms with Gasteiger partial charge in [0.1, 0.15) is 9.77 Å². The number of aromatic nitrogens is 1. The smallest absolute Gasteiger partial charge is 0.156 e. The van der Waals surface area contributed by atoms with Gasteiger partial charge in [0.05, 0.1) is 11.3 Å². The van der Waals surface area contributed by atoms with E-state index in [0.29, 0.717) is 15.0 Å². The topological polar surface area (TPSA) is 36.7 Å². The minimum atomic E-state index is -0.437. The Hall–Kier alpha value is -0.700. The van der Waals surface area contributed by atoms with Gasteiger partial charge in [0, 0.05) is 0 Å². The predicted molar refractivity (Wildman–Crippen MR) is 46.4 cm³/mol. The van der Waals surface area contributed by atoms with E-state index in [-0.39, 0.29) is 0 Å². The summed E-state index contributed by atoms with van der Waals surface area (Å²) in [7, 11) is 0. The Bertz CT molecular complexity index is 330. The molecule has 0 aliphatic rings. The van der Waals surface area contributed by atoms with Crippen molar-refractivity contribution in [3.8, 4) is 6.07 Å². The van der Waals surface area contributed by atoms with Crippen molar-refractivity contribution in [2.45, 2.75) is 6.92 Å². The fourth-order valence-corrected chi connectivity index (χ4v) is 1.18. The summed E-state index contributed by atoms with van der Waals surface area (Å²) in [5.74, 6) is -0.437. The molecule has 1 heterocycles. The molecule has 11 heavy (non-hydrogen) atoms. The van der Waals surface area contributed by atoms with Crippen LogP contribution in [0.5, 0.6) is 0 Å². The van der Waals surface area contributed by atoms with Crippen LogP contribution in [0.25, 0.3) is 0 Å². The van der Waals surface area contributed by atoms with Crippen molar-refractivity contribution in [1.29, 1.82) is 5.26 Å². The molecular formula is C7H4FIN2. The average molecular weight is 262 g/mol. The molecular weight excluding hydrogens is 258 g/mol. The maximum absolute atomic E-state index is 12.7. The number of rotatable bonds is 0. The molecule has 0 aliphatic carbocycles. The third-order valence-corrected chi connectivity index (χ3v) is 2.00. The second-order valence-corrected chi connectivity index (χ2v) is 3.03. The Morgan fingerprint density at radius 2 is 2.36 bits per heavy atom. The van der Waals surface area contributed by atoms with E-state index in [1.807, 2.05) is 6.07 Å². The molecule has 0 amide bonds. The van der Waals surface area contributed by atoms with Gasteiger partial charge in [-0.2, -0.15) is 5.26 Å². The van der Waals surface area contributed by atoms with E-state index in [2.05, 4.69) is 4.98 Å². The van der Waals surface area contributed by atoms with Gasteiger partial charge in [0.25, 0.3) is 0 Å². The van der Waals surface area contributed by atoms with Crippen molar-refractivity contribution in [2.24, 2.45) is 0 Å². The summed E-state index contributed by atoms with van der Waals surface area (Å²) in [5.41, 5.74) is 0.862. The number of hydrogen-bond donors (Lipinski definition) is 0. The van der Waals surface area contributed by atoms with E-state index >= 15 is 0 Å². The quantitative estimate of drug-likeness (QED) is 0.529. The molecule has 0 aliphatic heterocycles. The van der Waals surface area contributed by atoms with Crippen LogP contribution in [-0.2, 0) is 0 Å². The zero-order chi connectivity index (χ0) is 8.43. The molecule has 4 heteroatoms. The van der Waals surface area contributed by atoms with Gasteiger partial charge in [-0.05, 0) is 35.6 Å². The van der Waals surface area contributed by atoms with Gasteiger partial charge in [-0.3, -0.25) is 0 Å². The standard InChI is InChI=1S/C7H4FIN2/c1-4-5(3-10)2-6(8)7(9)11-4/h2H,1H3. The Kier molecular flexibility index (Phi) is 2.39. The van der Waals surface area contributed by atoms with Crippen LogP contribution in [0.15, 0.2) is 6.07 Å². The summed E-state index contributed by atoms with van der Waals surface area (Å²) in [6.45, 7) is 1.68. The first-order valence-corrected chi connectivity index (χ1v) is 3.95. The molecule has 0 saturated heterocycles. The van der Waals surface area contributed by atoms with Crippen LogP contribution in [0.1, 0.15) is 11.3 Å². The van der Waals surface area contributed by atoms with Crippen LogP contribution >= 0.6 is 22.6 Å². The summed E-state index contributed by atoms with van der Waals surface area (Å²) in [5, 5.41) is 8.47. The maximum atomic E-state index is 12.7. The molecule has 0 unspecified atom stereocenters. The van der Waals surface area contributed by atoms with Crippen LogP contribution < -0.4 is 0 Å². The number of nitriles is 1. The lowest BCUT2D eigenvalue weighted by Gasteiger charge is -1.97. The molecule has 2 nitrogen and oxygen atoms in total. The van der Waals surface area contributed by atoms with Crippen LogP contribution in [-0.4, -0.2) is 4.98 Å². The minimum Gasteiger partial charge on any atom is -0.243 e. The van der Waals surface area contributed by atoms with Gasteiger partial charge in [-0.15, -0.1) is 0 Å². The molecule has 0 aromatic carbocycles. The van der Waals surface area contributed by atoms with Crippen LogP contribution in [0.2, 0.25) is 0 Å². The Labute approximate surface area is 77.2 Å². The lowest BCUT2D eigenvalue weighted by molar-refractivity contribution is 0.610. The lowest BCUT2D eigenvalue weighted by atomic mass is 10.2. The average Bonchev–Trinajstić information content (AvgIpc) is 1.97. The van der Waals surface area contributed by atoms with Crippen molar-refractivity contribution in [1.82, 2.24) is 4.98 Å². The zero-order valence-corrected chi connectivity index (χ0v) is 7.89. The normalized spacial score (nSPS) is 9.27. The fourth-order valence-electron chi connectivity index (χ4n) is 0.665. The molecule has 1 aromatic rings. The van der Waals surface area contributed by atoms with Gasteiger partial charge in [-0.1, -0.05) is 0 Å². The van der Waals surface area contributed by atoms with E-state index < -0.39 is 5.82 Å². The number of aryl methyl sites for hydroxylation is 1. The fraction of sp³-hybridized carbons (Fsp3) is 0.143. The van der Waals surface area contributed by atoms with E-state index in [4.69, 9.17) is 5.26 Å². The minimum absolute atomic E-state index is 0.294. The molecule has 0 spiro atoms. The molecule has 56 valence electrons. The summed E-state index contributed by atoms with van der Waals surface area (Å²) in [6, 6.07) is 3.06. The van der Waals surface area contributed by atoms with Crippen molar-refractivity contribution >= 4 is 22.6 Å². The van der Waals surface area contributed by atoms with Crippen molar-refractivity contribution in [3.63, 3.8) is 0 Å². The highest BCUT2D eigenvalue weighted by atomic mass is 127. The Balaban J connectivity index is 3.35. The number of nitrogens with zero attached hydrogens (tertiary/aromatic N) is 2.